The summed E-state index contributed by atoms with van der Waals surface area (Å²) in [6.07, 6.45) is 8.90. The van der Waals surface area contributed by atoms with E-state index < -0.39 is 5.41 Å². The number of nitrogens with one attached hydrogen (secondary N) is 3. The Hall–Kier alpha value is -3.09. The van der Waals surface area contributed by atoms with E-state index in [4.69, 9.17) is 0 Å². The fourth-order valence-corrected chi connectivity index (χ4v) is 4.37. The van der Waals surface area contributed by atoms with E-state index in [1.54, 1.807) is 4.90 Å². The molecule has 7 heteroatoms. The van der Waals surface area contributed by atoms with Crippen LogP contribution in [0.25, 0.3) is 0 Å². The highest BCUT2D eigenvalue weighted by Gasteiger charge is 2.50. The second-order valence-corrected chi connectivity index (χ2v) is 8.43. The number of allylic oxidation sites excluding steroid dienone is 1. The van der Waals surface area contributed by atoms with E-state index >= 15 is 0 Å². The second-order valence-electron chi connectivity index (χ2n) is 8.43. The fraction of sp³-hybridized carbons (Fsp3) is 0.435. The third-order valence-electron chi connectivity index (χ3n) is 6.13. The van der Waals surface area contributed by atoms with Crippen LogP contribution in [0.2, 0.25) is 0 Å². The molecular formula is C23H28N4O3. The largest absolute Gasteiger partial charge is 0.352 e. The lowest BCUT2D eigenvalue weighted by Gasteiger charge is -2.49. The van der Waals surface area contributed by atoms with Crippen molar-refractivity contribution in [2.24, 2.45) is 5.41 Å². The van der Waals surface area contributed by atoms with Crippen molar-refractivity contribution in [1.29, 1.82) is 0 Å². The van der Waals surface area contributed by atoms with Crippen LogP contribution in [0.15, 0.2) is 53.0 Å². The first-order valence-corrected chi connectivity index (χ1v) is 10.6. The number of aromatic nitrogens is 2. The van der Waals surface area contributed by atoms with Gasteiger partial charge in [0.15, 0.2) is 0 Å². The van der Waals surface area contributed by atoms with E-state index in [2.05, 4.69) is 21.6 Å². The van der Waals surface area contributed by atoms with E-state index in [0.717, 1.165) is 18.4 Å². The zero-order valence-electron chi connectivity index (χ0n) is 17.1. The minimum absolute atomic E-state index is 0.00127. The lowest BCUT2D eigenvalue weighted by atomic mass is 9.73. The molecule has 4 rings (SSSR count). The summed E-state index contributed by atoms with van der Waals surface area (Å²) in [5.41, 5.74) is 1.88. The van der Waals surface area contributed by atoms with Crippen molar-refractivity contribution < 1.29 is 9.59 Å². The van der Waals surface area contributed by atoms with Gasteiger partial charge in [-0.05, 0) is 37.7 Å². The Morgan fingerprint density at radius 2 is 1.93 bits per heavy atom. The van der Waals surface area contributed by atoms with Crippen LogP contribution >= 0.6 is 0 Å². The fourth-order valence-electron chi connectivity index (χ4n) is 4.37. The van der Waals surface area contributed by atoms with Crippen LogP contribution in [0.3, 0.4) is 0 Å². The maximum Gasteiger partial charge on any atom is 0.267 e. The van der Waals surface area contributed by atoms with Crippen molar-refractivity contribution >= 4 is 11.8 Å². The van der Waals surface area contributed by atoms with Gasteiger partial charge >= 0.3 is 0 Å². The van der Waals surface area contributed by atoms with Gasteiger partial charge in [-0.15, -0.1) is 0 Å². The molecule has 30 heavy (non-hydrogen) atoms. The molecule has 7 nitrogen and oxygen atoms in total. The van der Waals surface area contributed by atoms with Gasteiger partial charge in [0.1, 0.15) is 0 Å². The SMILES string of the molecule is O=C(Cc1c[nH][nH]c1=O)N1CC(Cc2ccccc2)(C(=O)NCC2=CCCCC2)C1. The van der Waals surface area contributed by atoms with E-state index in [-0.39, 0.29) is 23.8 Å². The molecule has 0 unspecified atom stereocenters. The normalized spacial score (nSPS) is 17.7. The predicted molar refractivity (Wildman–Crippen MR) is 114 cm³/mol. The zero-order chi connectivity index (χ0) is 21.0. The average Bonchev–Trinajstić information content (AvgIpc) is 3.14. The zero-order valence-corrected chi connectivity index (χ0v) is 17.1. The molecule has 2 aliphatic rings. The highest BCUT2D eigenvalue weighted by atomic mass is 16.2. The number of carbonyl (C=O) groups excluding carboxylic acids is 2. The number of nitrogens with zero attached hydrogens (tertiary/aromatic N) is 1. The third kappa shape index (κ3) is 4.40. The van der Waals surface area contributed by atoms with Gasteiger partial charge in [0.05, 0.1) is 11.8 Å². The first-order valence-electron chi connectivity index (χ1n) is 10.6. The summed E-state index contributed by atoms with van der Waals surface area (Å²) in [6.45, 7) is 1.32. The first-order chi connectivity index (χ1) is 14.6. The van der Waals surface area contributed by atoms with Gasteiger partial charge in [-0.3, -0.25) is 19.5 Å². The van der Waals surface area contributed by atoms with E-state index in [1.165, 1.54) is 24.6 Å². The number of amides is 2. The van der Waals surface area contributed by atoms with Crippen LogP contribution < -0.4 is 10.9 Å². The van der Waals surface area contributed by atoms with Crippen molar-refractivity contribution in [2.45, 2.75) is 38.5 Å². The number of benzene rings is 1. The molecule has 1 saturated heterocycles. The van der Waals surface area contributed by atoms with Gasteiger partial charge in [0.25, 0.3) is 5.56 Å². The molecule has 1 fully saturated rings. The minimum Gasteiger partial charge on any atom is -0.352 e. The number of rotatable bonds is 7. The van der Waals surface area contributed by atoms with E-state index in [9.17, 15) is 14.4 Å². The molecule has 0 atom stereocenters. The average molecular weight is 409 g/mol. The molecule has 1 aromatic carbocycles. The molecule has 1 aliphatic heterocycles. The Bertz CT molecular complexity index is 983. The van der Waals surface area contributed by atoms with Crippen LogP contribution in [0.1, 0.15) is 36.8 Å². The smallest absolute Gasteiger partial charge is 0.267 e. The molecule has 0 saturated carbocycles. The van der Waals surface area contributed by atoms with Gasteiger partial charge in [-0.1, -0.05) is 42.0 Å². The molecule has 158 valence electrons. The predicted octanol–water partition coefficient (Wildman–Crippen LogP) is 1.93. The maximum absolute atomic E-state index is 13.2. The summed E-state index contributed by atoms with van der Waals surface area (Å²) in [5, 5.41) is 8.18. The number of aromatic amines is 2. The summed E-state index contributed by atoms with van der Waals surface area (Å²) >= 11 is 0. The molecule has 3 N–H and O–H groups in total. The summed E-state index contributed by atoms with van der Waals surface area (Å²) in [5.74, 6) is -0.132. The molecule has 2 amide bonds. The van der Waals surface area contributed by atoms with Gasteiger partial charge < -0.3 is 15.3 Å². The molecule has 0 spiro atoms. The Labute approximate surface area is 175 Å². The number of likely N-dealkylation sites (tertiary alicyclic amines) is 1. The molecular weight excluding hydrogens is 380 g/mol. The van der Waals surface area contributed by atoms with Crippen molar-refractivity contribution in [2.75, 3.05) is 19.6 Å². The molecule has 2 heterocycles. The van der Waals surface area contributed by atoms with E-state index in [0.29, 0.717) is 31.6 Å². The van der Waals surface area contributed by atoms with Gasteiger partial charge in [0.2, 0.25) is 11.8 Å². The summed E-state index contributed by atoms with van der Waals surface area (Å²) in [7, 11) is 0. The molecule has 0 radical (unpaired) electrons. The number of hydrogen-bond acceptors (Lipinski definition) is 3. The maximum atomic E-state index is 13.2. The third-order valence-corrected chi connectivity index (χ3v) is 6.13. The molecule has 0 bridgehead atoms. The first kappa shape index (κ1) is 20.2. The summed E-state index contributed by atoms with van der Waals surface area (Å²) < 4.78 is 0. The van der Waals surface area contributed by atoms with Gasteiger partial charge in [-0.2, -0.15) is 0 Å². The van der Waals surface area contributed by atoms with Crippen LogP contribution in [-0.2, 0) is 22.4 Å². The van der Waals surface area contributed by atoms with Gasteiger partial charge in [0, 0.05) is 31.4 Å². The second kappa shape index (κ2) is 8.73. The van der Waals surface area contributed by atoms with Crippen LogP contribution in [-0.4, -0.2) is 46.5 Å². The van der Waals surface area contributed by atoms with Crippen molar-refractivity contribution in [3.63, 3.8) is 0 Å². The van der Waals surface area contributed by atoms with E-state index in [1.807, 2.05) is 30.3 Å². The van der Waals surface area contributed by atoms with Crippen molar-refractivity contribution in [3.8, 4) is 0 Å². The number of carbonyl (C=O) groups is 2. The van der Waals surface area contributed by atoms with Gasteiger partial charge in [-0.25, -0.2) is 0 Å². The monoisotopic (exact) mass is 408 g/mol. The Kier molecular flexibility index (Phi) is 5.88. The summed E-state index contributed by atoms with van der Waals surface area (Å²) in [6, 6.07) is 9.92. The quantitative estimate of drug-likeness (QED) is 0.611. The Morgan fingerprint density at radius 3 is 2.60 bits per heavy atom. The standard InChI is InChI=1S/C23H28N4O3/c28-20(11-19-14-25-26-21(19)29)27-15-23(16-27,12-17-7-3-1-4-8-17)22(30)24-13-18-9-5-2-6-10-18/h1,3-4,7-9,14H,2,5-6,10-13,15-16H2,(H,24,30)(H2,25,26,29). The Morgan fingerprint density at radius 1 is 1.13 bits per heavy atom. The van der Waals surface area contributed by atoms with Crippen molar-refractivity contribution in [3.05, 3.63) is 69.7 Å². The lowest BCUT2D eigenvalue weighted by Crippen LogP contribution is -2.66. The topological polar surface area (TPSA) is 98.1 Å². The number of hydrogen-bond donors (Lipinski definition) is 3. The highest BCUT2D eigenvalue weighted by molar-refractivity contribution is 5.88. The molecule has 1 aromatic heterocycles. The van der Waals surface area contributed by atoms with Crippen LogP contribution in [0.5, 0.6) is 0 Å². The highest BCUT2D eigenvalue weighted by Crippen LogP contribution is 2.35. The Balaban J connectivity index is 1.43. The minimum atomic E-state index is -0.628. The van der Waals surface area contributed by atoms with Crippen LogP contribution in [0, 0.1) is 5.41 Å². The van der Waals surface area contributed by atoms with Crippen LogP contribution in [0.4, 0.5) is 0 Å². The molecule has 2 aromatic rings. The molecule has 1 aliphatic carbocycles. The van der Waals surface area contributed by atoms with Crippen molar-refractivity contribution in [1.82, 2.24) is 20.4 Å². The summed E-state index contributed by atoms with van der Waals surface area (Å²) in [4.78, 5) is 39.2. The lowest BCUT2D eigenvalue weighted by molar-refractivity contribution is -0.153. The number of H-pyrrole nitrogens is 2.